The van der Waals surface area contributed by atoms with Gasteiger partial charge in [0, 0.05) is 28.4 Å². The summed E-state index contributed by atoms with van der Waals surface area (Å²) in [5.74, 6) is 0.234. The number of anilines is 1. The predicted octanol–water partition coefficient (Wildman–Crippen LogP) is 3.62. The van der Waals surface area contributed by atoms with Crippen molar-refractivity contribution in [2.75, 3.05) is 11.6 Å². The predicted molar refractivity (Wildman–Crippen MR) is 105 cm³/mol. The van der Waals surface area contributed by atoms with Crippen molar-refractivity contribution in [1.82, 2.24) is 9.78 Å². The molecule has 1 N–H and O–H groups in total. The minimum Gasteiger partial charge on any atom is -0.319 e. The molecule has 26 heavy (non-hydrogen) atoms. The van der Waals surface area contributed by atoms with E-state index < -0.39 is 10.8 Å². The van der Waals surface area contributed by atoms with E-state index in [1.165, 1.54) is 0 Å². The summed E-state index contributed by atoms with van der Waals surface area (Å²) < 4.78 is 13.2. The van der Waals surface area contributed by atoms with Gasteiger partial charge in [-0.2, -0.15) is 5.10 Å². The zero-order valence-corrected chi connectivity index (χ0v) is 15.8. The number of aryl methyl sites for hydroxylation is 1. The molecule has 3 rings (SSSR count). The van der Waals surface area contributed by atoms with Gasteiger partial charge in [0.05, 0.1) is 22.8 Å². The molecule has 0 aliphatic heterocycles. The lowest BCUT2D eigenvalue weighted by Crippen LogP contribution is -2.13. The van der Waals surface area contributed by atoms with Gasteiger partial charge in [-0.15, -0.1) is 0 Å². The Kier molecular flexibility index (Phi) is 5.32. The summed E-state index contributed by atoms with van der Waals surface area (Å²) in [5, 5.41) is 7.51. The van der Waals surface area contributed by atoms with Gasteiger partial charge in [-0.25, -0.2) is 4.68 Å². The van der Waals surface area contributed by atoms with E-state index in [2.05, 4.69) is 10.4 Å². The molecule has 3 aromatic rings. The van der Waals surface area contributed by atoms with E-state index in [9.17, 15) is 9.00 Å². The fourth-order valence-electron chi connectivity index (χ4n) is 2.87. The molecule has 0 bridgehead atoms. The number of carbonyl (C=O) groups excluding carboxylic acids is 1. The smallest absolute Gasteiger partial charge is 0.255 e. The van der Waals surface area contributed by atoms with Crippen LogP contribution in [0.1, 0.15) is 27.3 Å². The van der Waals surface area contributed by atoms with Crippen molar-refractivity contribution >= 4 is 22.4 Å². The third-order valence-electron chi connectivity index (χ3n) is 4.09. The zero-order valence-electron chi connectivity index (χ0n) is 15.0. The Labute approximate surface area is 155 Å². The summed E-state index contributed by atoms with van der Waals surface area (Å²) in [6.07, 6.45) is 1.65. The highest BCUT2D eigenvalue weighted by atomic mass is 32.2. The Balaban J connectivity index is 1.86. The van der Waals surface area contributed by atoms with Crippen molar-refractivity contribution in [1.29, 1.82) is 0 Å². The highest BCUT2D eigenvalue weighted by Gasteiger charge is 2.16. The molecule has 0 saturated heterocycles. The Morgan fingerprint density at radius 3 is 2.54 bits per heavy atom. The van der Waals surface area contributed by atoms with Crippen molar-refractivity contribution in [2.24, 2.45) is 0 Å². The monoisotopic (exact) mass is 367 g/mol. The summed E-state index contributed by atoms with van der Waals surface area (Å²) in [4.78, 5) is 12.7. The third-order valence-corrected chi connectivity index (χ3v) is 4.83. The molecular weight excluding hydrogens is 346 g/mol. The van der Waals surface area contributed by atoms with Crippen LogP contribution >= 0.6 is 0 Å². The molecule has 0 aliphatic carbocycles. The second-order valence-corrected chi connectivity index (χ2v) is 7.60. The molecule has 1 aromatic heterocycles. The highest BCUT2D eigenvalue weighted by Crippen LogP contribution is 2.23. The molecule has 1 atom stereocenters. The lowest BCUT2D eigenvalue weighted by molar-refractivity contribution is 0.102. The topological polar surface area (TPSA) is 64.0 Å². The maximum Gasteiger partial charge on any atom is 0.255 e. The van der Waals surface area contributed by atoms with Crippen LogP contribution in [0.2, 0.25) is 0 Å². The molecule has 2 aromatic carbocycles. The average molecular weight is 367 g/mol. The Hall–Kier alpha value is -2.73. The molecule has 6 heteroatoms. The molecule has 1 amide bonds. The first kappa shape index (κ1) is 18.1. The summed E-state index contributed by atoms with van der Waals surface area (Å²) >= 11 is 0. The number of para-hydroxylation sites is 1. The van der Waals surface area contributed by atoms with Crippen molar-refractivity contribution in [3.8, 4) is 5.69 Å². The van der Waals surface area contributed by atoms with Crippen LogP contribution in [-0.2, 0) is 16.6 Å². The fourth-order valence-corrected chi connectivity index (χ4v) is 3.52. The number of aromatic nitrogens is 2. The number of benzene rings is 2. The van der Waals surface area contributed by atoms with Crippen LogP contribution in [0.4, 0.5) is 5.69 Å². The van der Waals surface area contributed by atoms with Crippen LogP contribution in [0.25, 0.3) is 5.69 Å². The third kappa shape index (κ3) is 3.91. The maximum absolute atomic E-state index is 12.7. The van der Waals surface area contributed by atoms with Crippen molar-refractivity contribution < 1.29 is 9.00 Å². The number of hydrogen-bond acceptors (Lipinski definition) is 3. The minimum absolute atomic E-state index is 0.201. The van der Waals surface area contributed by atoms with Gasteiger partial charge in [0.25, 0.3) is 5.91 Å². The Morgan fingerprint density at radius 1 is 1.12 bits per heavy atom. The molecule has 134 valence electrons. The minimum atomic E-state index is -0.946. The lowest BCUT2D eigenvalue weighted by atomic mass is 10.1. The maximum atomic E-state index is 12.7. The summed E-state index contributed by atoms with van der Waals surface area (Å²) in [6.45, 7) is 3.80. The molecule has 1 heterocycles. The molecule has 0 radical (unpaired) electrons. The van der Waals surface area contributed by atoms with Crippen molar-refractivity contribution in [2.45, 2.75) is 19.6 Å². The first-order valence-electron chi connectivity index (χ1n) is 8.27. The Morgan fingerprint density at radius 2 is 1.85 bits per heavy atom. The molecular formula is C20H21N3O2S. The molecule has 1 unspecified atom stereocenters. The van der Waals surface area contributed by atoms with E-state index in [0.29, 0.717) is 17.0 Å². The summed E-state index contributed by atoms with van der Waals surface area (Å²) in [5.41, 5.74) is 4.70. The average Bonchev–Trinajstić information content (AvgIpc) is 2.90. The second kappa shape index (κ2) is 7.66. The molecule has 0 saturated carbocycles. The molecule has 0 spiro atoms. The zero-order chi connectivity index (χ0) is 18.7. The number of nitrogens with one attached hydrogen (secondary N) is 1. The quantitative estimate of drug-likeness (QED) is 0.749. The van der Waals surface area contributed by atoms with E-state index >= 15 is 0 Å². The van der Waals surface area contributed by atoms with Crippen LogP contribution in [0.15, 0.2) is 54.6 Å². The van der Waals surface area contributed by atoms with Gasteiger partial charge in [0.2, 0.25) is 0 Å². The lowest BCUT2D eigenvalue weighted by Gasteiger charge is -2.08. The van der Waals surface area contributed by atoms with Crippen LogP contribution in [-0.4, -0.2) is 26.2 Å². The van der Waals surface area contributed by atoms with Crippen LogP contribution in [0.3, 0.4) is 0 Å². The highest BCUT2D eigenvalue weighted by molar-refractivity contribution is 7.83. The van der Waals surface area contributed by atoms with E-state index in [1.807, 2.05) is 61.0 Å². The van der Waals surface area contributed by atoms with Crippen LogP contribution in [0.5, 0.6) is 0 Å². The molecule has 0 aliphatic rings. The van der Waals surface area contributed by atoms with Gasteiger partial charge in [-0.05, 0) is 43.7 Å². The number of carbonyl (C=O) groups is 1. The van der Waals surface area contributed by atoms with Gasteiger partial charge in [-0.3, -0.25) is 9.00 Å². The van der Waals surface area contributed by atoms with Gasteiger partial charge >= 0.3 is 0 Å². The van der Waals surface area contributed by atoms with Crippen LogP contribution in [0, 0.1) is 13.8 Å². The molecule has 5 nitrogen and oxygen atoms in total. The molecule has 0 fully saturated rings. The number of amides is 1. The standard InChI is InChI=1S/C20H21N3O2S/c1-14-19(15(2)23(22-14)18-10-5-4-6-11-18)21-20(24)17-9-7-8-16(12-17)13-26(3)25/h4-12H,13H2,1-3H3,(H,21,24). The van der Waals surface area contributed by atoms with Gasteiger partial charge < -0.3 is 5.32 Å². The number of rotatable bonds is 5. The normalized spacial score (nSPS) is 12.0. The SMILES string of the molecule is Cc1nn(-c2ccccc2)c(C)c1NC(=O)c1cccc(CS(C)=O)c1. The first-order valence-corrected chi connectivity index (χ1v) is 10.0. The number of nitrogens with zero attached hydrogens (tertiary/aromatic N) is 2. The van der Waals surface area contributed by atoms with E-state index in [1.54, 1.807) is 18.4 Å². The van der Waals surface area contributed by atoms with E-state index in [4.69, 9.17) is 0 Å². The number of hydrogen-bond donors (Lipinski definition) is 1. The van der Waals surface area contributed by atoms with Crippen molar-refractivity contribution in [3.63, 3.8) is 0 Å². The fraction of sp³-hybridized carbons (Fsp3) is 0.200. The van der Waals surface area contributed by atoms with E-state index in [0.717, 1.165) is 22.6 Å². The van der Waals surface area contributed by atoms with Crippen LogP contribution < -0.4 is 5.32 Å². The first-order chi connectivity index (χ1) is 12.5. The van der Waals surface area contributed by atoms with Crippen molar-refractivity contribution in [3.05, 3.63) is 77.1 Å². The van der Waals surface area contributed by atoms with Gasteiger partial charge in [0.15, 0.2) is 0 Å². The largest absolute Gasteiger partial charge is 0.319 e. The summed E-state index contributed by atoms with van der Waals surface area (Å²) in [7, 11) is -0.946. The Bertz CT molecular complexity index is 964. The second-order valence-electron chi connectivity index (χ2n) is 6.17. The van der Waals surface area contributed by atoms with E-state index in [-0.39, 0.29) is 5.91 Å². The van der Waals surface area contributed by atoms with Gasteiger partial charge in [0.1, 0.15) is 0 Å². The summed E-state index contributed by atoms with van der Waals surface area (Å²) in [6, 6.07) is 17.0. The van der Waals surface area contributed by atoms with Gasteiger partial charge in [-0.1, -0.05) is 30.3 Å².